The van der Waals surface area contributed by atoms with Gasteiger partial charge in [0, 0.05) is 11.6 Å². The first-order valence-corrected chi connectivity index (χ1v) is 7.43. The molecule has 0 unspecified atom stereocenters. The highest BCUT2D eigenvalue weighted by molar-refractivity contribution is 7.89. The minimum absolute atomic E-state index is 0.112. The highest BCUT2D eigenvalue weighted by atomic mass is 32.2. The molecule has 104 valence electrons. The van der Waals surface area contributed by atoms with Crippen molar-refractivity contribution >= 4 is 15.9 Å². The molecule has 0 radical (unpaired) electrons. The molecule has 0 aromatic heterocycles. The molecule has 0 atom stereocenters. The first-order chi connectivity index (χ1) is 8.67. The predicted octanol–water partition coefficient (Wildman–Crippen LogP) is 2.50. The third-order valence-electron chi connectivity index (χ3n) is 2.61. The first-order valence-electron chi connectivity index (χ1n) is 5.99. The van der Waals surface area contributed by atoms with Gasteiger partial charge in [0.1, 0.15) is 0 Å². The van der Waals surface area contributed by atoms with E-state index in [0.717, 1.165) is 9.87 Å². The lowest BCUT2D eigenvalue weighted by Gasteiger charge is -2.26. The molecule has 0 heterocycles. The van der Waals surface area contributed by atoms with Crippen LogP contribution in [0.2, 0.25) is 0 Å². The molecule has 0 aliphatic rings. The number of benzene rings is 1. The number of hydrogen-bond donors (Lipinski definition) is 0. The van der Waals surface area contributed by atoms with E-state index >= 15 is 0 Å². The zero-order chi connectivity index (χ0) is 14.8. The van der Waals surface area contributed by atoms with Crippen molar-refractivity contribution in [2.24, 2.45) is 0 Å². The molecule has 1 rings (SSSR count). The van der Waals surface area contributed by atoms with Crippen molar-refractivity contribution in [3.8, 4) is 0 Å². The molecule has 0 bridgehead atoms. The van der Waals surface area contributed by atoms with Crippen LogP contribution in [0.15, 0.2) is 41.3 Å². The Morgan fingerprint density at radius 3 is 2.05 bits per heavy atom. The molecule has 0 fully saturated rings. The largest absolute Gasteiger partial charge is 0.268 e. The number of carbonyl (C=O) groups excluding carboxylic acids is 1. The van der Waals surface area contributed by atoms with Gasteiger partial charge in [-0.05, 0) is 39.8 Å². The van der Waals surface area contributed by atoms with Crippen LogP contribution >= 0.6 is 0 Å². The molecule has 0 saturated heterocycles. The predicted molar refractivity (Wildman–Crippen MR) is 75.2 cm³/mol. The number of hydrogen-bond acceptors (Lipinski definition) is 3. The van der Waals surface area contributed by atoms with E-state index in [-0.39, 0.29) is 10.5 Å². The number of amides is 1. The van der Waals surface area contributed by atoms with Crippen molar-refractivity contribution in [3.05, 3.63) is 42.0 Å². The highest BCUT2D eigenvalue weighted by Crippen LogP contribution is 2.20. The number of aryl methyl sites for hydroxylation is 1. The van der Waals surface area contributed by atoms with E-state index in [0.29, 0.717) is 0 Å². The highest BCUT2D eigenvalue weighted by Gasteiger charge is 2.31. The number of rotatable bonds is 4. The van der Waals surface area contributed by atoms with Gasteiger partial charge in [0.25, 0.3) is 15.9 Å². The average molecular weight is 281 g/mol. The third-order valence-corrected chi connectivity index (χ3v) is 4.59. The van der Waals surface area contributed by atoms with E-state index < -0.39 is 22.0 Å². The van der Waals surface area contributed by atoms with Crippen LogP contribution in [0.3, 0.4) is 0 Å². The van der Waals surface area contributed by atoms with Crippen molar-refractivity contribution in [3.63, 3.8) is 0 Å². The fraction of sp³-hybridized carbons (Fsp3) is 0.357. The summed E-state index contributed by atoms with van der Waals surface area (Å²) in [5.41, 5.74) is 1.16. The molecule has 1 aromatic rings. The summed E-state index contributed by atoms with van der Waals surface area (Å²) in [5, 5.41) is 0. The summed E-state index contributed by atoms with van der Waals surface area (Å²) in [6.07, 6.45) is 0. The van der Waals surface area contributed by atoms with Gasteiger partial charge in [0.05, 0.1) is 4.90 Å². The fourth-order valence-electron chi connectivity index (χ4n) is 1.63. The molecule has 0 aliphatic carbocycles. The number of sulfonamides is 1. The van der Waals surface area contributed by atoms with Gasteiger partial charge < -0.3 is 0 Å². The van der Waals surface area contributed by atoms with E-state index in [1.807, 2.05) is 6.92 Å². The maximum atomic E-state index is 12.5. The van der Waals surface area contributed by atoms with Gasteiger partial charge >= 0.3 is 0 Å². The van der Waals surface area contributed by atoms with Crippen molar-refractivity contribution < 1.29 is 13.2 Å². The summed E-state index contributed by atoms with van der Waals surface area (Å²) in [6.45, 7) is 10.2. The van der Waals surface area contributed by atoms with Gasteiger partial charge in [0.15, 0.2) is 0 Å². The van der Waals surface area contributed by atoms with Crippen LogP contribution < -0.4 is 0 Å². The fourth-order valence-corrected chi connectivity index (χ4v) is 3.27. The maximum absolute atomic E-state index is 12.5. The first kappa shape index (κ1) is 15.4. The van der Waals surface area contributed by atoms with Gasteiger partial charge in [0.2, 0.25) is 0 Å². The lowest BCUT2D eigenvalue weighted by Crippen LogP contribution is -2.42. The standard InChI is InChI=1S/C14H19NO3S/c1-10(2)14(16)15(11(3)4)19(17,18)13-8-6-12(5)7-9-13/h6-9,11H,1H2,2-5H3. The topological polar surface area (TPSA) is 54.5 Å². The van der Waals surface area contributed by atoms with Gasteiger partial charge in [-0.1, -0.05) is 24.3 Å². The molecule has 0 aliphatic heterocycles. The molecule has 0 spiro atoms. The van der Waals surface area contributed by atoms with E-state index in [4.69, 9.17) is 0 Å². The molecule has 5 heteroatoms. The molecule has 1 amide bonds. The van der Waals surface area contributed by atoms with Gasteiger partial charge in [-0.25, -0.2) is 12.7 Å². The van der Waals surface area contributed by atoms with Crippen LogP contribution in [0.25, 0.3) is 0 Å². The second kappa shape index (κ2) is 5.57. The molecule has 0 saturated carbocycles. The Hall–Kier alpha value is -1.62. The van der Waals surface area contributed by atoms with Crippen molar-refractivity contribution in [2.45, 2.75) is 38.6 Å². The van der Waals surface area contributed by atoms with E-state index in [9.17, 15) is 13.2 Å². The molecule has 0 N–H and O–H groups in total. The SMILES string of the molecule is C=C(C)C(=O)N(C(C)C)S(=O)(=O)c1ccc(C)cc1. The zero-order valence-electron chi connectivity index (χ0n) is 11.7. The Bertz CT molecular complexity index is 586. The second-order valence-corrected chi connectivity index (χ2v) is 6.61. The second-order valence-electron chi connectivity index (χ2n) is 4.79. The summed E-state index contributed by atoms with van der Waals surface area (Å²) < 4.78 is 25.9. The quantitative estimate of drug-likeness (QED) is 0.797. The smallest absolute Gasteiger partial charge is 0.266 e. The number of carbonyl (C=O) groups is 1. The van der Waals surface area contributed by atoms with Gasteiger partial charge in [-0.3, -0.25) is 4.79 Å². The maximum Gasteiger partial charge on any atom is 0.266 e. The van der Waals surface area contributed by atoms with Gasteiger partial charge in [-0.2, -0.15) is 0 Å². The Morgan fingerprint density at radius 1 is 1.21 bits per heavy atom. The van der Waals surface area contributed by atoms with Crippen LogP contribution in [0.4, 0.5) is 0 Å². The molecule has 19 heavy (non-hydrogen) atoms. The van der Waals surface area contributed by atoms with Crippen LogP contribution in [-0.2, 0) is 14.8 Å². The molecular formula is C14H19NO3S. The molecular weight excluding hydrogens is 262 g/mol. The van der Waals surface area contributed by atoms with Gasteiger partial charge in [-0.15, -0.1) is 0 Å². The van der Waals surface area contributed by atoms with Crippen molar-refractivity contribution in [1.29, 1.82) is 0 Å². The van der Waals surface area contributed by atoms with Crippen LogP contribution in [-0.4, -0.2) is 24.7 Å². The number of nitrogens with zero attached hydrogens (tertiary/aromatic N) is 1. The molecule has 4 nitrogen and oxygen atoms in total. The van der Waals surface area contributed by atoms with Crippen LogP contribution in [0.1, 0.15) is 26.3 Å². The van der Waals surface area contributed by atoms with Crippen LogP contribution in [0, 0.1) is 6.92 Å². The normalized spacial score (nSPS) is 11.4. The minimum atomic E-state index is -3.84. The monoisotopic (exact) mass is 281 g/mol. The zero-order valence-corrected chi connectivity index (χ0v) is 12.5. The summed E-state index contributed by atoms with van der Waals surface area (Å²) >= 11 is 0. The lowest BCUT2D eigenvalue weighted by molar-refractivity contribution is -0.123. The van der Waals surface area contributed by atoms with E-state index in [1.165, 1.54) is 19.1 Å². The Kier molecular flexibility index (Phi) is 4.52. The summed E-state index contributed by atoms with van der Waals surface area (Å²) in [4.78, 5) is 12.1. The average Bonchev–Trinajstić information content (AvgIpc) is 2.28. The van der Waals surface area contributed by atoms with Crippen LogP contribution in [0.5, 0.6) is 0 Å². The Morgan fingerprint density at radius 2 is 1.68 bits per heavy atom. The third kappa shape index (κ3) is 3.23. The van der Waals surface area contributed by atoms with Crippen molar-refractivity contribution in [1.82, 2.24) is 4.31 Å². The summed E-state index contributed by atoms with van der Waals surface area (Å²) in [5.74, 6) is -0.574. The minimum Gasteiger partial charge on any atom is -0.268 e. The molecule has 1 aromatic carbocycles. The van der Waals surface area contributed by atoms with Crippen molar-refractivity contribution in [2.75, 3.05) is 0 Å². The summed E-state index contributed by atoms with van der Waals surface area (Å²) in [7, 11) is -3.84. The Labute approximate surface area is 114 Å². The van der Waals surface area contributed by atoms with E-state index in [1.54, 1.807) is 26.0 Å². The van der Waals surface area contributed by atoms with E-state index in [2.05, 4.69) is 6.58 Å². The summed E-state index contributed by atoms with van der Waals surface area (Å²) in [6, 6.07) is 5.96. The lowest BCUT2D eigenvalue weighted by atomic mass is 10.2. The Balaban J connectivity index is 3.32.